The van der Waals surface area contributed by atoms with Crippen molar-refractivity contribution in [2.45, 2.75) is 31.5 Å². The third-order valence-corrected chi connectivity index (χ3v) is 4.34. The second-order valence-corrected chi connectivity index (χ2v) is 6.03. The maximum atomic E-state index is 12.5. The van der Waals surface area contributed by atoms with Gasteiger partial charge in [-0.25, -0.2) is 9.59 Å². The zero-order valence-electron chi connectivity index (χ0n) is 13.6. The van der Waals surface area contributed by atoms with Gasteiger partial charge in [0, 0.05) is 6.08 Å². The molecule has 128 valence electrons. The maximum Gasteiger partial charge on any atom is 0.410 e. The standard InChI is InChI=1S/C18H21NO5/c1-22-17(20)9-14-7-15-11-23-12-16(8-14)19(15)18(21)24-10-13-5-3-2-4-6-13/h2-6,9,15-16H,7-8,10-12H2,1H3. The summed E-state index contributed by atoms with van der Waals surface area (Å²) in [6.45, 7) is 1.16. The highest BCUT2D eigenvalue weighted by Crippen LogP contribution is 2.31. The molecule has 2 aliphatic rings. The molecule has 6 heteroatoms. The summed E-state index contributed by atoms with van der Waals surface area (Å²) in [6.07, 6.45) is 2.41. The number of carbonyl (C=O) groups is 2. The summed E-state index contributed by atoms with van der Waals surface area (Å²) in [5, 5.41) is 0. The van der Waals surface area contributed by atoms with Gasteiger partial charge in [-0.3, -0.25) is 4.90 Å². The number of ether oxygens (including phenoxy) is 3. The van der Waals surface area contributed by atoms with Crippen LogP contribution in [0, 0.1) is 0 Å². The summed E-state index contributed by atoms with van der Waals surface area (Å²) in [4.78, 5) is 25.7. The molecule has 1 aromatic carbocycles. The van der Waals surface area contributed by atoms with Gasteiger partial charge in [0.2, 0.25) is 0 Å². The number of methoxy groups -OCH3 is 1. The van der Waals surface area contributed by atoms with Crippen molar-refractivity contribution < 1.29 is 23.8 Å². The first-order valence-electron chi connectivity index (χ1n) is 8.01. The molecule has 24 heavy (non-hydrogen) atoms. The van der Waals surface area contributed by atoms with Crippen LogP contribution >= 0.6 is 0 Å². The molecule has 6 nitrogen and oxygen atoms in total. The maximum absolute atomic E-state index is 12.5. The van der Waals surface area contributed by atoms with Crippen molar-refractivity contribution >= 4 is 12.1 Å². The fraction of sp³-hybridized carbons (Fsp3) is 0.444. The summed E-state index contributed by atoms with van der Waals surface area (Å²) in [6, 6.07) is 9.39. The van der Waals surface area contributed by atoms with Gasteiger partial charge in [-0.2, -0.15) is 0 Å². The molecule has 1 amide bonds. The Morgan fingerprint density at radius 1 is 1.21 bits per heavy atom. The van der Waals surface area contributed by atoms with Crippen molar-refractivity contribution in [2.24, 2.45) is 0 Å². The first kappa shape index (κ1) is 16.5. The van der Waals surface area contributed by atoms with E-state index in [2.05, 4.69) is 4.74 Å². The molecule has 3 rings (SSSR count). The van der Waals surface area contributed by atoms with Crippen molar-refractivity contribution in [3.63, 3.8) is 0 Å². The van der Waals surface area contributed by atoms with Crippen LogP contribution in [0.2, 0.25) is 0 Å². The molecule has 0 N–H and O–H groups in total. The highest BCUT2D eigenvalue weighted by Gasteiger charge is 2.40. The van der Waals surface area contributed by atoms with E-state index in [0.29, 0.717) is 26.1 Å². The van der Waals surface area contributed by atoms with Gasteiger partial charge in [-0.1, -0.05) is 35.9 Å². The summed E-state index contributed by atoms with van der Waals surface area (Å²) in [7, 11) is 1.36. The molecule has 1 aromatic rings. The second kappa shape index (κ2) is 7.49. The average molecular weight is 331 g/mol. The molecule has 2 saturated heterocycles. The first-order valence-corrected chi connectivity index (χ1v) is 8.01. The Morgan fingerprint density at radius 3 is 2.50 bits per heavy atom. The minimum atomic E-state index is -0.357. The van der Waals surface area contributed by atoms with Gasteiger partial charge in [0.05, 0.1) is 32.4 Å². The molecule has 2 aliphatic heterocycles. The molecule has 0 aliphatic carbocycles. The lowest BCUT2D eigenvalue weighted by Gasteiger charge is -2.45. The Hall–Kier alpha value is -2.34. The Balaban J connectivity index is 1.64. The van der Waals surface area contributed by atoms with Gasteiger partial charge < -0.3 is 14.2 Å². The number of hydrogen-bond acceptors (Lipinski definition) is 5. The van der Waals surface area contributed by atoms with E-state index >= 15 is 0 Å². The lowest BCUT2D eigenvalue weighted by molar-refractivity contribution is -0.135. The number of morpholine rings is 1. The van der Waals surface area contributed by atoms with E-state index in [1.807, 2.05) is 30.3 Å². The van der Waals surface area contributed by atoms with E-state index in [0.717, 1.165) is 11.1 Å². The fourth-order valence-electron chi connectivity index (χ4n) is 3.24. The Bertz CT molecular complexity index is 612. The summed E-state index contributed by atoms with van der Waals surface area (Å²) in [5.41, 5.74) is 1.95. The zero-order valence-corrected chi connectivity index (χ0v) is 13.6. The molecular formula is C18H21NO5. The molecule has 2 heterocycles. The molecule has 2 atom stereocenters. The summed E-state index contributed by atoms with van der Waals surface area (Å²) in [5.74, 6) is -0.357. The highest BCUT2D eigenvalue weighted by atomic mass is 16.6. The van der Waals surface area contributed by atoms with Crippen LogP contribution in [0.3, 0.4) is 0 Å². The van der Waals surface area contributed by atoms with E-state index in [1.165, 1.54) is 13.2 Å². The number of carbonyl (C=O) groups excluding carboxylic acids is 2. The van der Waals surface area contributed by atoms with Crippen molar-refractivity contribution in [1.29, 1.82) is 0 Å². The van der Waals surface area contributed by atoms with Crippen molar-refractivity contribution in [2.75, 3.05) is 20.3 Å². The second-order valence-electron chi connectivity index (χ2n) is 6.03. The van der Waals surface area contributed by atoms with Crippen molar-refractivity contribution in [3.8, 4) is 0 Å². The van der Waals surface area contributed by atoms with E-state index < -0.39 is 0 Å². The predicted molar refractivity (Wildman–Crippen MR) is 86.2 cm³/mol. The monoisotopic (exact) mass is 331 g/mol. The number of esters is 1. The van der Waals surface area contributed by atoms with E-state index in [9.17, 15) is 9.59 Å². The normalized spacial score (nSPS) is 22.7. The number of benzene rings is 1. The topological polar surface area (TPSA) is 65.1 Å². The molecular weight excluding hydrogens is 310 g/mol. The molecule has 0 spiro atoms. The number of hydrogen-bond donors (Lipinski definition) is 0. The molecule has 2 bridgehead atoms. The van der Waals surface area contributed by atoms with Crippen LogP contribution in [0.5, 0.6) is 0 Å². The first-order chi connectivity index (χ1) is 11.7. The van der Waals surface area contributed by atoms with E-state index in [1.54, 1.807) is 4.90 Å². The smallest absolute Gasteiger partial charge is 0.410 e. The number of amides is 1. The molecule has 0 saturated carbocycles. The van der Waals surface area contributed by atoms with Crippen LogP contribution in [0.25, 0.3) is 0 Å². The van der Waals surface area contributed by atoms with Gasteiger partial charge in [0.15, 0.2) is 0 Å². The van der Waals surface area contributed by atoms with Crippen LogP contribution in [0.15, 0.2) is 42.0 Å². The third kappa shape index (κ3) is 3.76. The van der Waals surface area contributed by atoms with E-state index in [4.69, 9.17) is 9.47 Å². The largest absolute Gasteiger partial charge is 0.466 e. The van der Waals surface area contributed by atoms with Crippen LogP contribution in [-0.4, -0.2) is 49.4 Å². The molecule has 2 unspecified atom stereocenters. The lowest BCUT2D eigenvalue weighted by Crippen LogP contribution is -2.57. The molecule has 0 radical (unpaired) electrons. The Morgan fingerprint density at radius 2 is 1.88 bits per heavy atom. The van der Waals surface area contributed by atoms with Crippen LogP contribution in [0.1, 0.15) is 18.4 Å². The number of nitrogens with zero attached hydrogens (tertiary/aromatic N) is 1. The summed E-state index contributed by atoms with van der Waals surface area (Å²) < 4.78 is 15.7. The SMILES string of the molecule is COC(=O)C=C1CC2COCC(C1)N2C(=O)OCc1ccccc1. The van der Waals surface area contributed by atoms with Crippen molar-refractivity contribution in [1.82, 2.24) is 4.90 Å². The van der Waals surface area contributed by atoms with Gasteiger partial charge in [-0.15, -0.1) is 0 Å². The average Bonchev–Trinajstić information content (AvgIpc) is 2.59. The quantitative estimate of drug-likeness (QED) is 0.628. The number of piperidine rings is 1. The van der Waals surface area contributed by atoms with Gasteiger partial charge in [0.1, 0.15) is 6.61 Å². The van der Waals surface area contributed by atoms with Crippen LogP contribution in [0.4, 0.5) is 4.79 Å². The van der Waals surface area contributed by atoms with E-state index in [-0.39, 0.29) is 30.8 Å². The Kier molecular flexibility index (Phi) is 5.15. The molecule has 2 fully saturated rings. The van der Waals surface area contributed by atoms with Gasteiger partial charge >= 0.3 is 12.1 Å². The zero-order chi connectivity index (χ0) is 16.9. The summed E-state index contributed by atoms with van der Waals surface area (Å²) >= 11 is 0. The predicted octanol–water partition coefficient (Wildman–Crippen LogP) is 2.29. The van der Waals surface area contributed by atoms with Crippen LogP contribution < -0.4 is 0 Å². The van der Waals surface area contributed by atoms with Crippen LogP contribution in [-0.2, 0) is 25.6 Å². The van der Waals surface area contributed by atoms with Gasteiger partial charge in [0.25, 0.3) is 0 Å². The third-order valence-electron chi connectivity index (χ3n) is 4.34. The highest BCUT2D eigenvalue weighted by molar-refractivity contribution is 5.82. The minimum Gasteiger partial charge on any atom is -0.466 e. The number of fused-ring (bicyclic) bond motifs is 2. The lowest BCUT2D eigenvalue weighted by atomic mass is 9.90. The Labute approximate surface area is 141 Å². The van der Waals surface area contributed by atoms with Crippen molar-refractivity contribution in [3.05, 3.63) is 47.5 Å². The molecule has 0 aromatic heterocycles. The minimum absolute atomic E-state index is 0.100. The number of rotatable bonds is 3. The fourth-order valence-corrected chi connectivity index (χ4v) is 3.24. The van der Waals surface area contributed by atoms with Gasteiger partial charge in [-0.05, 0) is 18.4 Å².